The van der Waals surface area contributed by atoms with Crippen molar-refractivity contribution in [2.75, 3.05) is 0 Å². The van der Waals surface area contributed by atoms with E-state index in [1.165, 1.54) is 0 Å². The van der Waals surface area contributed by atoms with Gasteiger partial charge in [0.05, 0.1) is 61.8 Å². The molecule has 0 radical (unpaired) electrons. The fourth-order valence-electron chi connectivity index (χ4n) is 5.68. The Kier molecular flexibility index (Phi) is 2.65. The van der Waals surface area contributed by atoms with E-state index >= 15 is 0 Å². The van der Waals surface area contributed by atoms with Crippen molar-refractivity contribution >= 4 is 43.6 Å². The first-order chi connectivity index (χ1) is 36.9. The van der Waals surface area contributed by atoms with Crippen LogP contribution < -0.4 is 0 Å². The summed E-state index contributed by atoms with van der Waals surface area (Å²) >= 11 is 0. The molecule has 10 aromatic rings. The molecule has 0 aliphatic carbocycles. The maximum absolute atomic E-state index is 9.66. The van der Waals surface area contributed by atoms with Crippen LogP contribution in [0.1, 0.15) is 39.8 Å². The number of aromatic nitrogens is 5. The molecule has 0 saturated heterocycles. The molecule has 7 aromatic carbocycles. The molecule has 234 valence electrons. The van der Waals surface area contributed by atoms with Crippen molar-refractivity contribution in [2.45, 2.75) is 0 Å². The molecule has 0 amide bonds. The highest BCUT2D eigenvalue weighted by Crippen LogP contribution is 2.41. The Bertz CT molecular complexity index is 4460. The summed E-state index contributed by atoms with van der Waals surface area (Å²) in [6, 6.07) is -28.0. The molecular weight excluding hydrogens is 611 g/mol. The van der Waals surface area contributed by atoms with E-state index in [1.807, 2.05) is 0 Å². The monoisotopic (exact) mass is 668 g/mol. The predicted molar refractivity (Wildman–Crippen MR) is 205 cm³/mol. The molecule has 0 aliphatic rings. The summed E-state index contributed by atoms with van der Waals surface area (Å²) in [5.74, 6) is -2.97. The van der Waals surface area contributed by atoms with Crippen LogP contribution in [0.25, 0.3) is 89.2 Å². The van der Waals surface area contributed by atoms with Gasteiger partial charge in [-0.1, -0.05) is 151 Å². The van der Waals surface area contributed by atoms with Crippen molar-refractivity contribution in [2.24, 2.45) is 0 Å². The van der Waals surface area contributed by atoms with E-state index in [4.69, 9.17) is 27.4 Å². The first-order valence-corrected chi connectivity index (χ1v) is 14.4. The van der Waals surface area contributed by atoms with Gasteiger partial charge in [-0.3, -0.25) is 4.57 Å². The Morgan fingerprint density at radius 1 is 0.360 bits per heavy atom. The predicted octanol–water partition coefficient (Wildman–Crippen LogP) is 11.1. The minimum absolute atomic E-state index is 0.579. The van der Waals surface area contributed by atoms with E-state index in [2.05, 4.69) is 15.0 Å². The van der Waals surface area contributed by atoms with Crippen molar-refractivity contribution < 1.29 is 39.8 Å². The van der Waals surface area contributed by atoms with Crippen LogP contribution in [0.2, 0.25) is 0 Å². The average molecular weight is 669 g/mol. The van der Waals surface area contributed by atoms with Gasteiger partial charge in [0.1, 0.15) is 0 Å². The molecule has 50 heavy (non-hydrogen) atoms. The minimum atomic E-state index is -1.07. The summed E-state index contributed by atoms with van der Waals surface area (Å²) in [7, 11) is 0. The van der Waals surface area contributed by atoms with Crippen molar-refractivity contribution in [1.29, 1.82) is 0 Å². The number of fused-ring (bicyclic) bond motifs is 7. The third kappa shape index (κ3) is 4.37. The van der Waals surface area contributed by atoms with Crippen LogP contribution in [0.3, 0.4) is 0 Å². The van der Waals surface area contributed by atoms with Gasteiger partial charge in [-0.2, -0.15) is 9.97 Å². The highest BCUT2D eigenvalue weighted by atomic mass is 15.2. The Morgan fingerprint density at radius 2 is 0.840 bits per heavy atom. The molecule has 0 aliphatic heterocycles. The van der Waals surface area contributed by atoms with E-state index in [9.17, 15) is 12.3 Å². The Morgan fingerprint density at radius 3 is 1.50 bits per heavy atom. The van der Waals surface area contributed by atoms with Crippen LogP contribution in [0.15, 0.2) is 175 Å². The molecule has 3 heterocycles. The summed E-state index contributed by atoms with van der Waals surface area (Å²) in [5.41, 5.74) is -6.96. The van der Waals surface area contributed by atoms with Crippen LogP contribution in [-0.4, -0.2) is 24.1 Å². The molecular formula is C45H29N5. The molecule has 5 heteroatoms. The fraction of sp³-hybridized carbons (Fsp3) is 0. The van der Waals surface area contributed by atoms with Gasteiger partial charge >= 0.3 is 0 Å². The SMILES string of the molecule is [2H]c1c([2H])c([2H])c(-c2nc(-c3c([2H])c([2H])c([2H])c([2H])c3-c3c([2H])c([2H])c([2H])c([2H])c3[2H])nc(-n3c4c([2H])c([2H])c([2H])c([2H])c4c4c([2H])c([2H])c5c6c([2H])c([2H])c([2H])c([2H])c6n(-c6c([2H])c([2H])c([2H])c([2H])c6[2H])c5c43)n2)c([2H])c1[2H]. The molecule has 10 rings (SSSR count). The van der Waals surface area contributed by atoms with Crippen LogP contribution in [0, 0.1) is 0 Å². The molecule has 0 unspecified atom stereocenters. The minimum Gasteiger partial charge on any atom is -0.307 e. The highest BCUT2D eigenvalue weighted by molar-refractivity contribution is 6.23. The summed E-state index contributed by atoms with van der Waals surface area (Å²) in [5, 5.41) is -2.43. The van der Waals surface area contributed by atoms with Gasteiger partial charge in [-0.25, -0.2) is 4.98 Å². The Hall–Kier alpha value is -6.85. The molecule has 0 spiro atoms. The largest absolute Gasteiger partial charge is 0.307 e. The molecule has 0 bridgehead atoms. The maximum Gasteiger partial charge on any atom is 0.238 e. The van der Waals surface area contributed by atoms with Crippen LogP contribution >= 0.6 is 0 Å². The molecule has 3 aromatic heterocycles. The van der Waals surface area contributed by atoms with Crippen molar-refractivity contribution in [3.8, 4) is 45.5 Å². The van der Waals surface area contributed by atoms with Gasteiger partial charge in [0.25, 0.3) is 0 Å². The zero-order valence-electron chi connectivity index (χ0n) is 53.7. The third-order valence-corrected chi connectivity index (χ3v) is 7.66. The van der Waals surface area contributed by atoms with Crippen molar-refractivity contribution in [1.82, 2.24) is 24.1 Å². The normalized spacial score (nSPS) is 19.7. The first-order valence-electron chi connectivity index (χ1n) is 28.9. The van der Waals surface area contributed by atoms with Crippen LogP contribution in [0.4, 0.5) is 0 Å². The summed E-state index contributed by atoms with van der Waals surface area (Å²) < 4.78 is 260. The number of benzene rings is 7. The number of hydrogen-bond acceptors (Lipinski definition) is 3. The lowest BCUT2D eigenvalue weighted by molar-refractivity contribution is 0.953. The lowest BCUT2D eigenvalue weighted by Gasteiger charge is -2.14. The van der Waals surface area contributed by atoms with Crippen LogP contribution in [-0.2, 0) is 0 Å². The fourth-order valence-corrected chi connectivity index (χ4v) is 5.68. The maximum atomic E-state index is 9.66. The van der Waals surface area contributed by atoms with E-state index in [0.29, 0.717) is 0 Å². The van der Waals surface area contributed by atoms with Gasteiger partial charge in [0.15, 0.2) is 11.6 Å². The summed E-state index contributed by atoms with van der Waals surface area (Å²) in [6.07, 6.45) is 0. The van der Waals surface area contributed by atoms with Crippen LogP contribution in [0.5, 0.6) is 0 Å². The Labute approximate surface area is 329 Å². The lowest BCUT2D eigenvalue weighted by Crippen LogP contribution is -2.07. The third-order valence-electron chi connectivity index (χ3n) is 7.66. The van der Waals surface area contributed by atoms with Gasteiger partial charge in [-0.05, 0) is 35.3 Å². The van der Waals surface area contributed by atoms with E-state index in [1.54, 1.807) is 0 Å². The molecule has 0 fully saturated rings. The van der Waals surface area contributed by atoms with Gasteiger partial charge in [0.2, 0.25) is 5.95 Å². The summed E-state index contributed by atoms with van der Waals surface area (Å²) in [4.78, 5) is 13.5. The highest BCUT2D eigenvalue weighted by Gasteiger charge is 2.23. The lowest BCUT2D eigenvalue weighted by atomic mass is 9.99. The Balaban J connectivity index is 1.58. The average Bonchev–Trinajstić information content (AvgIpc) is 4.21. The zero-order valence-corrected chi connectivity index (χ0v) is 24.7. The quantitative estimate of drug-likeness (QED) is 0.183. The van der Waals surface area contributed by atoms with Gasteiger partial charge in [0, 0.05) is 38.4 Å². The molecule has 0 saturated carbocycles. The second kappa shape index (κ2) is 11.4. The van der Waals surface area contributed by atoms with Gasteiger partial charge in [-0.15, -0.1) is 0 Å². The number of hydrogen-bond donors (Lipinski definition) is 0. The smallest absolute Gasteiger partial charge is 0.238 e. The standard InChI is InChI=1S/C45H29N5/c1-4-16-30(17-5-1)33-22-10-11-25-38(33)44-46-43(31-18-6-2-7-19-31)47-45(48-44)50-40-27-15-13-24-35(40)37-29-28-36-34-23-12-14-26-39(34)49(41(36)42(37)50)32-20-8-3-9-21-32/h1-29H/i1D,2D,3D,4D,5D,6D,7D,8D,9D,10D,11D,12D,13D,14D,15D,16D,17D,18D,19D,20D,21D,22D,23D,24D,25D,26D,27D,28D,29D. The number of nitrogens with zero attached hydrogens (tertiary/aromatic N) is 5. The van der Waals surface area contributed by atoms with Gasteiger partial charge < -0.3 is 4.57 Å². The second-order valence-electron chi connectivity index (χ2n) is 10.3. The zero-order chi connectivity index (χ0) is 58.3. The first kappa shape index (κ1) is 11.6. The van der Waals surface area contributed by atoms with Crippen molar-refractivity contribution in [3.63, 3.8) is 0 Å². The van der Waals surface area contributed by atoms with E-state index in [-0.39, 0.29) is 0 Å². The van der Waals surface area contributed by atoms with E-state index in [0.717, 1.165) is 9.13 Å². The van der Waals surface area contributed by atoms with E-state index < -0.39 is 264 Å². The number of rotatable bonds is 5. The molecule has 0 atom stereocenters. The molecule has 0 N–H and O–H groups in total. The molecule has 5 nitrogen and oxygen atoms in total. The van der Waals surface area contributed by atoms with Crippen molar-refractivity contribution in [3.05, 3.63) is 175 Å². The second-order valence-corrected chi connectivity index (χ2v) is 10.3. The number of para-hydroxylation sites is 3. The summed E-state index contributed by atoms with van der Waals surface area (Å²) in [6.45, 7) is 0. The topological polar surface area (TPSA) is 48.5 Å².